The lowest BCUT2D eigenvalue weighted by atomic mass is 10.3. The molecule has 1 atom stereocenters. The van der Waals surface area contributed by atoms with Crippen LogP contribution in [0.5, 0.6) is 0 Å². The number of hydrogen-bond acceptors (Lipinski definition) is 2. The van der Waals surface area contributed by atoms with Crippen LogP contribution >= 0.6 is 23.2 Å². The standard InChI is InChI=1S/C6H5Cl2N3/c7-4-3-1-2-9-5(3)11-6(8)10-4/h1-2,6,9,11H. The molecule has 2 N–H and O–H groups in total. The summed E-state index contributed by atoms with van der Waals surface area (Å²) in [7, 11) is 0. The normalized spacial score (nSPS) is 22.0. The summed E-state index contributed by atoms with van der Waals surface area (Å²) < 4.78 is 0. The van der Waals surface area contributed by atoms with Crippen molar-refractivity contribution in [2.75, 3.05) is 5.32 Å². The van der Waals surface area contributed by atoms with Crippen LogP contribution in [0.15, 0.2) is 17.3 Å². The fourth-order valence-corrected chi connectivity index (χ4v) is 1.49. The summed E-state index contributed by atoms with van der Waals surface area (Å²) in [5.74, 6) is 0.824. The van der Waals surface area contributed by atoms with E-state index in [4.69, 9.17) is 23.2 Å². The third kappa shape index (κ3) is 1.10. The first-order valence-electron chi connectivity index (χ1n) is 3.09. The van der Waals surface area contributed by atoms with E-state index >= 15 is 0 Å². The Balaban J connectivity index is 2.50. The Labute approximate surface area is 73.4 Å². The second-order valence-corrected chi connectivity index (χ2v) is 2.94. The van der Waals surface area contributed by atoms with Crippen molar-refractivity contribution in [1.29, 1.82) is 0 Å². The monoisotopic (exact) mass is 189 g/mol. The molecule has 1 aromatic heterocycles. The van der Waals surface area contributed by atoms with Gasteiger partial charge in [0.25, 0.3) is 0 Å². The van der Waals surface area contributed by atoms with E-state index in [1.807, 2.05) is 6.07 Å². The van der Waals surface area contributed by atoms with Gasteiger partial charge in [0, 0.05) is 6.20 Å². The second kappa shape index (κ2) is 2.43. The predicted molar refractivity (Wildman–Crippen MR) is 46.4 cm³/mol. The molecule has 0 bridgehead atoms. The van der Waals surface area contributed by atoms with Crippen LogP contribution in [-0.2, 0) is 0 Å². The molecule has 2 heterocycles. The van der Waals surface area contributed by atoms with Crippen molar-refractivity contribution in [1.82, 2.24) is 4.98 Å². The van der Waals surface area contributed by atoms with Crippen molar-refractivity contribution in [2.45, 2.75) is 5.62 Å². The second-order valence-electron chi connectivity index (χ2n) is 2.17. The summed E-state index contributed by atoms with van der Waals surface area (Å²) in [6, 6.07) is 1.84. The number of H-pyrrole nitrogens is 1. The Morgan fingerprint density at radius 1 is 1.55 bits per heavy atom. The molecular formula is C6H5Cl2N3. The molecule has 0 fully saturated rings. The highest BCUT2D eigenvalue weighted by Gasteiger charge is 2.17. The largest absolute Gasteiger partial charge is 0.348 e. The number of aliphatic imine (C=N–C) groups is 1. The van der Waals surface area contributed by atoms with Crippen molar-refractivity contribution in [3.63, 3.8) is 0 Å². The average Bonchev–Trinajstić information content (AvgIpc) is 2.34. The summed E-state index contributed by atoms with van der Waals surface area (Å²) in [5, 5.41) is 3.35. The summed E-state index contributed by atoms with van der Waals surface area (Å²) in [5.41, 5.74) is 0.400. The lowest BCUT2D eigenvalue weighted by Gasteiger charge is -2.14. The zero-order valence-electron chi connectivity index (χ0n) is 5.44. The Bertz CT molecular complexity index is 305. The first kappa shape index (κ1) is 7.00. The van der Waals surface area contributed by atoms with Gasteiger partial charge in [0.05, 0.1) is 5.56 Å². The number of nitrogens with one attached hydrogen (secondary N) is 2. The summed E-state index contributed by atoms with van der Waals surface area (Å²) in [6.45, 7) is 0. The molecule has 0 saturated heterocycles. The molecular weight excluding hydrogens is 185 g/mol. The van der Waals surface area contributed by atoms with Crippen molar-refractivity contribution < 1.29 is 0 Å². The van der Waals surface area contributed by atoms with E-state index in [0.29, 0.717) is 5.17 Å². The van der Waals surface area contributed by atoms with Gasteiger partial charge in [-0.25, -0.2) is 4.99 Å². The van der Waals surface area contributed by atoms with Gasteiger partial charge in [0.15, 0.2) is 5.62 Å². The molecule has 3 nitrogen and oxygen atoms in total. The van der Waals surface area contributed by atoms with E-state index in [0.717, 1.165) is 11.4 Å². The fraction of sp³-hybridized carbons (Fsp3) is 0.167. The van der Waals surface area contributed by atoms with Crippen LogP contribution in [0.4, 0.5) is 5.82 Å². The van der Waals surface area contributed by atoms with E-state index in [-0.39, 0.29) is 0 Å². The number of hydrogen-bond donors (Lipinski definition) is 2. The molecule has 5 heteroatoms. The van der Waals surface area contributed by atoms with Gasteiger partial charge >= 0.3 is 0 Å². The van der Waals surface area contributed by atoms with Gasteiger partial charge < -0.3 is 10.3 Å². The number of aromatic nitrogens is 1. The maximum atomic E-state index is 5.79. The zero-order chi connectivity index (χ0) is 7.84. The molecule has 0 spiro atoms. The third-order valence-electron chi connectivity index (χ3n) is 1.46. The van der Waals surface area contributed by atoms with Gasteiger partial charge in [-0.15, -0.1) is 0 Å². The van der Waals surface area contributed by atoms with Gasteiger partial charge in [-0.2, -0.15) is 0 Å². The highest BCUT2D eigenvalue weighted by Crippen LogP contribution is 2.23. The molecule has 11 heavy (non-hydrogen) atoms. The van der Waals surface area contributed by atoms with E-state index in [2.05, 4.69) is 15.3 Å². The Morgan fingerprint density at radius 2 is 2.36 bits per heavy atom. The van der Waals surface area contributed by atoms with Crippen LogP contribution in [0.1, 0.15) is 5.56 Å². The minimum absolute atomic E-state index is 0.444. The fourth-order valence-electron chi connectivity index (χ4n) is 0.981. The number of aromatic amines is 1. The third-order valence-corrected chi connectivity index (χ3v) is 1.97. The first-order chi connectivity index (χ1) is 5.27. The molecule has 0 amide bonds. The SMILES string of the molecule is ClC1=NC(Cl)Nc2[nH]ccc21. The minimum Gasteiger partial charge on any atom is -0.348 e. The number of rotatable bonds is 0. The molecule has 1 aliphatic heterocycles. The maximum Gasteiger partial charge on any atom is 0.198 e. The zero-order valence-corrected chi connectivity index (χ0v) is 6.95. The van der Waals surface area contributed by atoms with E-state index in [9.17, 15) is 0 Å². The van der Waals surface area contributed by atoms with Crippen LogP contribution in [0.2, 0.25) is 0 Å². The Kier molecular flexibility index (Phi) is 1.55. The number of halogens is 2. The molecule has 1 unspecified atom stereocenters. The topological polar surface area (TPSA) is 40.2 Å². The van der Waals surface area contributed by atoms with Gasteiger partial charge in [-0.1, -0.05) is 23.2 Å². The van der Waals surface area contributed by atoms with Crippen LogP contribution < -0.4 is 5.32 Å². The van der Waals surface area contributed by atoms with Gasteiger partial charge in [-0.05, 0) is 6.07 Å². The summed E-state index contributed by atoms with van der Waals surface area (Å²) in [4.78, 5) is 6.87. The van der Waals surface area contributed by atoms with Crippen molar-refractivity contribution in [3.8, 4) is 0 Å². The van der Waals surface area contributed by atoms with Gasteiger partial charge in [-0.3, -0.25) is 0 Å². The average molecular weight is 190 g/mol. The van der Waals surface area contributed by atoms with Crippen molar-refractivity contribution in [3.05, 3.63) is 17.8 Å². The molecule has 2 rings (SSSR count). The molecule has 1 aliphatic rings. The highest BCUT2D eigenvalue weighted by molar-refractivity contribution is 6.70. The summed E-state index contributed by atoms with van der Waals surface area (Å²) >= 11 is 11.5. The molecule has 58 valence electrons. The number of alkyl halides is 1. The van der Waals surface area contributed by atoms with E-state index in [1.165, 1.54) is 0 Å². The quantitative estimate of drug-likeness (QED) is 0.476. The van der Waals surface area contributed by atoms with Crippen LogP contribution in [0.3, 0.4) is 0 Å². The van der Waals surface area contributed by atoms with Crippen molar-refractivity contribution >= 4 is 34.2 Å². The smallest absolute Gasteiger partial charge is 0.198 e. The molecule has 0 radical (unpaired) electrons. The predicted octanol–water partition coefficient (Wildman–Crippen LogP) is 1.95. The Hall–Kier alpha value is -0.670. The highest BCUT2D eigenvalue weighted by atomic mass is 35.5. The lowest BCUT2D eigenvalue weighted by molar-refractivity contribution is 1.02. The van der Waals surface area contributed by atoms with E-state index in [1.54, 1.807) is 6.20 Å². The maximum absolute atomic E-state index is 5.79. The van der Waals surface area contributed by atoms with Crippen LogP contribution in [0.25, 0.3) is 0 Å². The lowest BCUT2D eigenvalue weighted by Crippen LogP contribution is -2.17. The molecule has 1 aromatic rings. The first-order valence-corrected chi connectivity index (χ1v) is 3.90. The number of anilines is 1. The van der Waals surface area contributed by atoms with E-state index < -0.39 is 5.62 Å². The molecule has 0 aliphatic carbocycles. The van der Waals surface area contributed by atoms with Crippen LogP contribution in [-0.4, -0.2) is 15.8 Å². The van der Waals surface area contributed by atoms with Gasteiger partial charge in [0.1, 0.15) is 11.0 Å². The molecule has 0 saturated carbocycles. The summed E-state index contributed by atoms with van der Waals surface area (Å²) in [6.07, 6.45) is 1.78. The minimum atomic E-state index is -0.464. The van der Waals surface area contributed by atoms with Crippen molar-refractivity contribution in [2.24, 2.45) is 4.99 Å². The van der Waals surface area contributed by atoms with Crippen LogP contribution in [0, 0.1) is 0 Å². The number of nitrogens with zero attached hydrogens (tertiary/aromatic N) is 1. The van der Waals surface area contributed by atoms with Gasteiger partial charge in [0.2, 0.25) is 0 Å². The molecule has 0 aromatic carbocycles. The number of fused-ring (bicyclic) bond motifs is 1. The Morgan fingerprint density at radius 3 is 3.18 bits per heavy atom.